The van der Waals surface area contributed by atoms with Crippen LogP contribution in [0.1, 0.15) is 5.76 Å². The summed E-state index contributed by atoms with van der Waals surface area (Å²) in [6, 6.07) is 9.49. The van der Waals surface area contributed by atoms with Crippen LogP contribution < -0.4 is 10.5 Å². The SMILES string of the molecule is COc1ccc(-c2cncc3cc(/C=C4/SC(N)=NC4=O)oc23)cc1. The lowest BCUT2D eigenvalue weighted by Crippen LogP contribution is -2.01. The fourth-order valence-corrected chi connectivity index (χ4v) is 3.25. The summed E-state index contributed by atoms with van der Waals surface area (Å²) in [5, 5.41) is 1.09. The summed E-state index contributed by atoms with van der Waals surface area (Å²) in [5.74, 6) is 0.984. The van der Waals surface area contributed by atoms with Crippen molar-refractivity contribution in [2.75, 3.05) is 7.11 Å². The number of hydrogen-bond donors (Lipinski definition) is 1. The van der Waals surface area contributed by atoms with E-state index in [2.05, 4.69) is 9.98 Å². The van der Waals surface area contributed by atoms with Gasteiger partial charge in [-0.3, -0.25) is 9.78 Å². The predicted molar refractivity (Wildman–Crippen MR) is 98.2 cm³/mol. The van der Waals surface area contributed by atoms with Crippen LogP contribution >= 0.6 is 11.8 Å². The van der Waals surface area contributed by atoms with E-state index in [1.54, 1.807) is 25.6 Å². The maximum atomic E-state index is 11.7. The van der Waals surface area contributed by atoms with E-state index in [4.69, 9.17) is 14.9 Å². The Labute approximate surface area is 147 Å². The summed E-state index contributed by atoms with van der Waals surface area (Å²) in [7, 11) is 1.63. The van der Waals surface area contributed by atoms with Crippen molar-refractivity contribution in [3.63, 3.8) is 0 Å². The Morgan fingerprint density at radius 1 is 1.24 bits per heavy atom. The summed E-state index contributed by atoms with van der Waals surface area (Å²) in [6.45, 7) is 0. The molecule has 0 atom stereocenters. The van der Waals surface area contributed by atoms with Gasteiger partial charge in [0.25, 0.3) is 5.91 Å². The second kappa shape index (κ2) is 6.10. The number of pyridine rings is 1. The number of aliphatic imine (C=N–C) groups is 1. The molecule has 7 heteroatoms. The zero-order valence-electron chi connectivity index (χ0n) is 13.2. The third-order valence-corrected chi connectivity index (χ3v) is 4.57. The molecule has 0 saturated carbocycles. The average molecular weight is 351 g/mol. The molecular formula is C18H13N3O3S. The largest absolute Gasteiger partial charge is 0.497 e. The standard InChI is InChI=1S/C18H13N3O3S/c1-23-12-4-2-10(3-5-12)14-9-20-8-11-6-13(24-16(11)14)7-15-17(22)21-18(19)25-15/h2-9H,1H3,(H2,19,21,22)/b15-7+. The molecule has 0 aliphatic carbocycles. The van der Waals surface area contributed by atoms with Crippen molar-refractivity contribution in [2.45, 2.75) is 0 Å². The van der Waals surface area contributed by atoms with Crippen molar-refractivity contribution in [1.82, 2.24) is 4.98 Å². The van der Waals surface area contributed by atoms with Gasteiger partial charge in [-0.1, -0.05) is 12.1 Å². The number of nitrogens with zero attached hydrogens (tertiary/aromatic N) is 2. The molecule has 0 unspecified atom stereocenters. The zero-order valence-corrected chi connectivity index (χ0v) is 14.0. The lowest BCUT2D eigenvalue weighted by molar-refractivity contribution is -0.113. The van der Waals surface area contributed by atoms with Crippen LogP contribution in [0.3, 0.4) is 0 Å². The summed E-state index contributed by atoms with van der Waals surface area (Å²) in [5.41, 5.74) is 8.10. The first-order chi connectivity index (χ1) is 12.1. The fourth-order valence-electron chi connectivity index (χ4n) is 2.58. The van der Waals surface area contributed by atoms with Crippen molar-refractivity contribution in [2.24, 2.45) is 10.7 Å². The van der Waals surface area contributed by atoms with Gasteiger partial charge in [0, 0.05) is 29.4 Å². The second-order valence-corrected chi connectivity index (χ2v) is 6.41. The van der Waals surface area contributed by atoms with Crippen LogP contribution in [0.25, 0.3) is 28.2 Å². The van der Waals surface area contributed by atoms with E-state index in [-0.39, 0.29) is 11.1 Å². The summed E-state index contributed by atoms with van der Waals surface area (Å²) in [4.78, 5) is 20.1. The molecule has 1 aliphatic heterocycles. The number of rotatable bonds is 3. The van der Waals surface area contributed by atoms with Gasteiger partial charge in [-0.05, 0) is 35.5 Å². The molecule has 3 heterocycles. The van der Waals surface area contributed by atoms with Crippen molar-refractivity contribution < 1.29 is 13.9 Å². The van der Waals surface area contributed by atoms with E-state index < -0.39 is 0 Å². The van der Waals surface area contributed by atoms with Crippen LogP contribution in [0.5, 0.6) is 5.75 Å². The minimum Gasteiger partial charge on any atom is -0.497 e. The molecule has 0 spiro atoms. The monoisotopic (exact) mass is 351 g/mol. The van der Waals surface area contributed by atoms with Crippen LogP contribution in [0.15, 0.2) is 57.0 Å². The van der Waals surface area contributed by atoms with Crippen LogP contribution in [-0.2, 0) is 4.79 Å². The molecule has 2 aromatic heterocycles. The number of ether oxygens (including phenoxy) is 1. The van der Waals surface area contributed by atoms with Gasteiger partial charge in [0.2, 0.25) is 0 Å². The van der Waals surface area contributed by atoms with Gasteiger partial charge in [0.15, 0.2) is 5.17 Å². The minimum absolute atomic E-state index is 0.243. The molecule has 4 rings (SSSR count). The fraction of sp³-hybridized carbons (Fsp3) is 0.0556. The molecule has 1 aliphatic rings. The van der Waals surface area contributed by atoms with E-state index in [1.807, 2.05) is 30.3 Å². The Morgan fingerprint density at radius 2 is 2.04 bits per heavy atom. The third kappa shape index (κ3) is 2.89. The Morgan fingerprint density at radius 3 is 2.72 bits per heavy atom. The number of fused-ring (bicyclic) bond motifs is 1. The van der Waals surface area contributed by atoms with Gasteiger partial charge in [0.05, 0.1) is 12.0 Å². The molecule has 0 bridgehead atoms. The number of thioether (sulfide) groups is 1. The molecule has 0 saturated heterocycles. The van der Waals surface area contributed by atoms with Crippen LogP contribution in [0, 0.1) is 0 Å². The lowest BCUT2D eigenvalue weighted by atomic mass is 10.1. The van der Waals surface area contributed by atoms with Crippen LogP contribution in [0.4, 0.5) is 0 Å². The van der Waals surface area contributed by atoms with Crippen LogP contribution in [-0.4, -0.2) is 23.2 Å². The molecule has 6 nitrogen and oxygen atoms in total. The number of benzene rings is 1. The smallest absolute Gasteiger partial charge is 0.286 e. The number of nitrogens with two attached hydrogens (primary N) is 1. The molecule has 1 aromatic carbocycles. The predicted octanol–water partition coefficient (Wildman–Crippen LogP) is 3.43. The molecule has 0 fully saturated rings. The Kier molecular flexibility index (Phi) is 3.77. The molecular weight excluding hydrogens is 338 g/mol. The van der Waals surface area contributed by atoms with Gasteiger partial charge < -0.3 is 14.9 Å². The second-order valence-electron chi connectivity index (χ2n) is 5.35. The van der Waals surface area contributed by atoms with E-state index >= 15 is 0 Å². The highest BCUT2D eigenvalue weighted by molar-refractivity contribution is 8.18. The van der Waals surface area contributed by atoms with E-state index in [1.165, 1.54) is 0 Å². The molecule has 0 radical (unpaired) electrons. The highest BCUT2D eigenvalue weighted by Gasteiger charge is 2.20. The highest BCUT2D eigenvalue weighted by atomic mass is 32.2. The Balaban J connectivity index is 1.76. The molecule has 1 amide bonds. The number of methoxy groups -OCH3 is 1. The number of carbonyl (C=O) groups is 1. The first-order valence-electron chi connectivity index (χ1n) is 7.44. The number of aromatic nitrogens is 1. The highest BCUT2D eigenvalue weighted by Crippen LogP contribution is 2.33. The molecule has 2 N–H and O–H groups in total. The van der Waals surface area contributed by atoms with Gasteiger partial charge in [-0.2, -0.15) is 4.99 Å². The Bertz CT molecular complexity index is 1040. The number of furan rings is 1. The normalized spacial score (nSPS) is 15.8. The van der Waals surface area contributed by atoms with Gasteiger partial charge in [-0.15, -0.1) is 0 Å². The molecule has 25 heavy (non-hydrogen) atoms. The maximum Gasteiger partial charge on any atom is 0.286 e. The van der Waals surface area contributed by atoms with Crippen LogP contribution in [0.2, 0.25) is 0 Å². The van der Waals surface area contributed by atoms with Gasteiger partial charge >= 0.3 is 0 Å². The van der Waals surface area contributed by atoms with E-state index in [9.17, 15) is 4.79 Å². The van der Waals surface area contributed by atoms with E-state index in [0.29, 0.717) is 16.2 Å². The van der Waals surface area contributed by atoms with Crippen molar-refractivity contribution in [3.05, 3.63) is 53.4 Å². The van der Waals surface area contributed by atoms with Crippen molar-refractivity contribution in [1.29, 1.82) is 0 Å². The van der Waals surface area contributed by atoms with Crippen molar-refractivity contribution >= 4 is 39.9 Å². The maximum absolute atomic E-state index is 11.7. The number of amides is 1. The number of hydrogen-bond acceptors (Lipinski definition) is 6. The lowest BCUT2D eigenvalue weighted by Gasteiger charge is -2.04. The Hall–Kier alpha value is -3.06. The first kappa shape index (κ1) is 15.5. The number of amidine groups is 1. The molecule has 3 aromatic rings. The van der Waals surface area contributed by atoms with Gasteiger partial charge in [0.1, 0.15) is 17.1 Å². The quantitative estimate of drug-likeness (QED) is 0.727. The van der Waals surface area contributed by atoms with Gasteiger partial charge in [-0.25, -0.2) is 0 Å². The summed E-state index contributed by atoms with van der Waals surface area (Å²) >= 11 is 1.13. The minimum atomic E-state index is -0.351. The topological polar surface area (TPSA) is 90.7 Å². The zero-order chi connectivity index (χ0) is 17.4. The number of carbonyl (C=O) groups excluding carboxylic acids is 1. The van der Waals surface area contributed by atoms with Crippen molar-refractivity contribution in [3.8, 4) is 16.9 Å². The van der Waals surface area contributed by atoms with E-state index in [0.717, 1.165) is 34.0 Å². The summed E-state index contributed by atoms with van der Waals surface area (Å²) < 4.78 is 11.1. The first-order valence-corrected chi connectivity index (χ1v) is 8.26. The molecule has 124 valence electrons. The summed E-state index contributed by atoms with van der Waals surface area (Å²) in [6.07, 6.45) is 5.12. The average Bonchev–Trinajstić information content (AvgIpc) is 3.17. The third-order valence-electron chi connectivity index (χ3n) is 3.75.